The van der Waals surface area contributed by atoms with Gasteiger partial charge >= 0.3 is 0 Å². The second-order valence-electron chi connectivity index (χ2n) is 6.65. The highest BCUT2D eigenvalue weighted by atomic mass is 16.2. The molecule has 4 nitrogen and oxygen atoms in total. The minimum Gasteiger partial charge on any atom is -0.350 e. The van der Waals surface area contributed by atoms with Crippen LogP contribution in [0.25, 0.3) is 10.9 Å². The van der Waals surface area contributed by atoms with E-state index in [2.05, 4.69) is 48.2 Å². The normalized spacial score (nSPS) is 19.5. The second kappa shape index (κ2) is 5.76. The highest BCUT2D eigenvalue weighted by Crippen LogP contribution is 2.27. The first-order chi connectivity index (χ1) is 10.5. The van der Waals surface area contributed by atoms with Gasteiger partial charge in [0, 0.05) is 23.5 Å². The number of likely N-dealkylation sites (tertiary alicyclic amines) is 1. The van der Waals surface area contributed by atoms with Crippen LogP contribution in [0.3, 0.4) is 0 Å². The van der Waals surface area contributed by atoms with E-state index >= 15 is 0 Å². The maximum absolute atomic E-state index is 12.7. The molecule has 22 heavy (non-hydrogen) atoms. The summed E-state index contributed by atoms with van der Waals surface area (Å²) in [5.41, 5.74) is 5.24. The van der Waals surface area contributed by atoms with E-state index < -0.39 is 0 Å². The summed E-state index contributed by atoms with van der Waals surface area (Å²) < 4.78 is 0. The zero-order valence-corrected chi connectivity index (χ0v) is 13.9. The van der Waals surface area contributed by atoms with Crippen LogP contribution in [-0.4, -0.2) is 42.0 Å². The number of hydrogen-bond donors (Lipinski definition) is 2. The number of nitrogens with zero attached hydrogens (tertiary/aromatic N) is 1. The first-order valence-corrected chi connectivity index (χ1v) is 8.05. The third kappa shape index (κ3) is 2.63. The van der Waals surface area contributed by atoms with Gasteiger partial charge in [0.25, 0.3) is 5.91 Å². The zero-order chi connectivity index (χ0) is 15.9. The lowest BCUT2D eigenvalue weighted by Crippen LogP contribution is -2.46. The van der Waals surface area contributed by atoms with E-state index in [0.29, 0.717) is 5.69 Å². The summed E-state index contributed by atoms with van der Waals surface area (Å²) in [6.07, 6.45) is 2.21. The SMILES string of the molecule is Cc1ccc(C)c2c(C)c(C(=O)NC3CCCN(C)C3)[nH]c12. The number of carbonyl (C=O) groups excluding carboxylic acids is 1. The largest absolute Gasteiger partial charge is 0.350 e. The lowest BCUT2D eigenvalue weighted by Gasteiger charge is -2.30. The molecule has 4 heteroatoms. The Kier molecular flexibility index (Phi) is 3.96. The van der Waals surface area contributed by atoms with Crippen LogP contribution >= 0.6 is 0 Å². The standard InChI is InChI=1S/C18H25N3O/c1-11-7-8-12(2)16-15(11)13(3)17(20-16)18(22)19-14-6-5-9-21(4)10-14/h7-8,14,20H,5-6,9-10H2,1-4H3,(H,19,22). The molecular formula is C18H25N3O. The van der Waals surface area contributed by atoms with Crippen LogP contribution < -0.4 is 5.32 Å². The van der Waals surface area contributed by atoms with Crippen molar-refractivity contribution < 1.29 is 4.79 Å². The smallest absolute Gasteiger partial charge is 0.268 e. The first kappa shape index (κ1) is 15.1. The monoisotopic (exact) mass is 299 g/mol. The Morgan fingerprint density at radius 3 is 2.68 bits per heavy atom. The molecule has 0 saturated carbocycles. The molecule has 1 aromatic carbocycles. The Labute approximate surface area is 131 Å². The third-order valence-corrected chi connectivity index (χ3v) is 4.81. The van der Waals surface area contributed by atoms with Crippen molar-refractivity contribution in [1.82, 2.24) is 15.2 Å². The van der Waals surface area contributed by atoms with E-state index in [-0.39, 0.29) is 11.9 Å². The molecule has 0 radical (unpaired) electrons. The molecular weight excluding hydrogens is 274 g/mol. The van der Waals surface area contributed by atoms with Gasteiger partial charge in [-0.25, -0.2) is 0 Å². The van der Waals surface area contributed by atoms with E-state index in [0.717, 1.165) is 37.0 Å². The molecule has 1 saturated heterocycles. The number of rotatable bonds is 2. The molecule has 1 unspecified atom stereocenters. The number of H-pyrrole nitrogens is 1. The Balaban J connectivity index is 1.90. The molecule has 0 aliphatic carbocycles. The quantitative estimate of drug-likeness (QED) is 0.896. The fraction of sp³-hybridized carbons (Fsp3) is 0.500. The van der Waals surface area contributed by atoms with E-state index in [1.165, 1.54) is 16.5 Å². The topological polar surface area (TPSA) is 48.1 Å². The van der Waals surface area contributed by atoms with Gasteiger partial charge in [-0.1, -0.05) is 12.1 Å². The van der Waals surface area contributed by atoms with Crippen molar-refractivity contribution >= 4 is 16.8 Å². The van der Waals surface area contributed by atoms with Gasteiger partial charge in [0.15, 0.2) is 0 Å². The van der Waals surface area contributed by atoms with Crippen LogP contribution in [0.2, 0.25) is 0 Å². The molecule has 118 valence electrons. The highest BCUT2D eigenvalue weighted by Gasteiger charge is 2.22. The molecule has 1 amide bonds. The Hall–Kier alpha value is -1.81. The average Bonchev–Trinajstić information content (AvgIpc) is 2.82. The summed E-state index contributed by atoms with van der Waals surface area (Å²) in [6, 6.07) is 4.47. The lowest BCUT2D eigenvalue weighted by atomic mass is 10.0. The van der Waals surface area contributed by atoms with Crippen molar-refractivity contribution in [1.29, 1.82) is 0 Å². The number of amides is 1. The molecule has 2 aromatic rings. The molecule has 1 aliphatic rings. The van der Waals surface area contributed by atoms with Gasteiger partial charge in [0.05, 0.1) is 0 Å². The van der Waals surface area contributed by atoms with Crippen LogP contribution in [-0.2, 0) is 0 Å². The minimum absolute atomic E-state index is 0.0211. The lowest BCUT2D eigenvalue weighted by molar-refractivity contribution is 0.0907. The number of benzene rings is 1. The van der Waals surface area contributed by atoms with Crippen molar-refractivity contribution in [2.45, 2.75) is 39.7 Å². The van der Waals surface area contributed by atoms with Gasteiger partial charge in [0.1, 0.15) is 5.69 Å². The predicted octanol–water partition coefficient (Wildman–Crippen LogP) is 2.92. The number of aryl methyl sites for hydroxylation is 3. The van der Waals surface area contributed by atoms with E-state index in [1.54, 1.807) is 0 Å². The van der Waals surface area contributed by atoms with E-state index in [1.807, 2.05) is 6.92 Å². The van der Waals surface area contributed by atoms with Crippen molar-refractivity contribution in [2.75, 3.05) is 20.1 Å². The Bertz CT molecular complexity index is 717. The van der Waals surface area contributed by atoms with Crippen molar-refractivity contribution in [2.24, 2.45) is 0 Å². The molecule has 3 rings (SSSR count). The van der Waals surface area contributed by atoms with Crippen LogP contribution in [0, 0.1) is 20.8 Å². The van der Waals surface area contributed by atoms with Crippen molar-refractivity contribution in [3.8, 4) is 0 Å². The molecule has 1 fully saturated rings. The number of nitrogens with one attached hydrogen (secondary N) is 2. The van der Waals surface area contributed by atoms with Crippen molar-refractivity contribution in [3.05, 3.63) is 34.5 Å². The van der Waals surface area contributed by atoms with Gasteiger partial charge in [0.2, 0.25) is 0 Å². The first-order valence-electron chi connectivity index (χ1n) is 8.05. The van der Waals surface area contributed by atoms with Crippen LogP contribution in [0.15, 0.2) is 12.1 Å². The van der Waals surface area contributed by atoms with Gasteiger partial charge in [-0.05, 0) is 63.9 Å². The summed E-state index contributed by atoms with van der Waals surface area (Å²) in [7, 11) is 2.11. The number of aromatic amines is 1. The fourth-order valence-electron chi connectivity index (χ4n) is 3.57. The van der Waals surface area contributed by atoms with Crippen LogP contribution in [0.1, 0.15) is 40.0 Å². The third-order valence-electron chi connectivity index (χ3n) is 4.81. The molecule has 0 spiro atoms. The molecule has 1 aliphatic heterocycles. The number of aromatic nitrogens is 1. The molecule has 1 aromatic heterocycles. The summed E-state index contributed by atoms with van der Waals surface area (Å²) in [5.74, 6) is 0.0211. The fourth-order valence-corrected chi connectivity index (χ4v) is 3.57. The second-order valence-corrected chi connectivity index (χ2v) is 6.65. The highest BCUT2D eigenvalue weighted by molar-refractivity contribution is 6.02. The number of likely N-dealkylation sites (N-methyl/N-ethyl adjacent to an activating group) is 1. The van der Waals surface area contributed by atoms with Gasteiger partial charge < -0.3 is 15.2 Å². The maximum Gasteiger partial charge on any atom is 0.268 e. The van der Waals surface area contributed by atoms with Gasteiger partial charge in [-0.15, -0.1) is 0 Å². The van der Waals surface area contributed by atoms with E-state index in [4.69, 9.17) is 0 Å². The number of hydrogen-bond acceptors (Lipinski definition) is 2. The zero-order valence-electron chi connectivity index (χ0n) is 13.9. The summed E-state index contributed by atoms with van der Waals surface area (Å²) in [4.78, 5) is 18.3. The Morgan fingerprint density at radius 1 is 1.27 bits per heavy atom. The van der Waals surface area contributed by atoms with Crippen LogP contribution in [0.4, 0.5) is 0 Å². The summed E-state index contributed by atoms with van der Waals surface area (Å²) in [6.45, 7) is 8.27. The van der Waals surface area contributed by atoms with E-state index in [9.17, 15) is 4.79 Å². The number of piperidine rings is 1. The van der Waals surface area contributed by atoms with Crippen LogP contribution in [0.5, 0.6) is 0 Å². The minimum atomic E-state index is 0.0211. The van der Waals surface area contributed by atoms with Gasteiger partial charge in [-0.3, -0.25) is 4.79 Å². The summed E-state index contributed by atoms with van der Waals surface area (Å²) >= 11 is 0. The Morgan fingerprint density at radius 2 is 2.00 bits per heavy atom. The molecule has 2 heterocycles. The molecule has 2 N–H and O–H groups in total. The number of fused-ring (bicyclic) bond motifs is 1. The summed E-state index contributed by atoms with van der Waals surface area (Å²) in [5, 5.41) is 4.38. The molecule has 0 bridgehead atoms. The molecule has 1 atom stereocenters. The number of carbonyl (C=O) groups is 1. The van der Waals surface area contributed by atoms with Crippen molar-refractivity contribution in [3.63, 3.8) is 0 Å². The predicted molar refractivity (Wildman–Crippen MR) is 90.5 cm³/mol. The van der Waals surface area contributed by atoms with Gasteiger partial charge in [-0.2, -0.15) is 0 Å². The maximum atomic E-state index is 12.7. The average molecular weight is 299 g/mol.